The van der Waals surface area contributed by atoms with Crippen molar-refractivity contribution in [1.82, 2.24) is 9.80 Å². The molecule has 1 aliphatic rings. The Labute approximate surface area is 154 Å². The summed E-state index contributed by atoms with van der Waals surface area (Å²) in [6.07, 6.45) is 1.02. The van der Waals surface area contributed by atoms with Crippen LogP contribution in [0.25, 0.3) is 10.8 Å². The Hall–Kier alpha value is -2.65. The molecule has 0 bridgehead atoms. The first-order valence-corrected chi connectivity index (χ1v) is 9.34. The van der Waals surface area contributed by atoms with Crippen LogP contribution in [0.4, 0.5) is 0 Å². The van der Waals surface area contributed by atoms with E-state index in [0.29, 0.717) is 0 Å². The van der Waals surface area contributed by atoms with Crippen molar-refractivity contribution in [2.45, 2.75) is 13.0 Å². The molecule has 0 saturated carbocycles. The number of hydrogen-bond acceptors (Lipinski definition) is 2. The summed E-state index contributed by atoms with van der Waals surface area (Å²) in [4.78, 5) is 17.6. The molecule has 0 aliphatic carbocycles. The average molecular weight is 344 g/mol. The monoisotopic (exact) mass is 344 g/mol. The molecule has 1 amide bonds. The molecule has 132 valence electrons. The van der Waals surface area contributed by atoms with E-state index in [9.17, 15) is 4.79 Å². The number of benzene rings is 3. The summed E-state index contributed by atoms with van der Waals surface area (Å²) in [5, 5.41) is 2.17. The standard InChI is InChI=1S/C23H24N2O/c26-23(22-13-6-11-20-10-4-5-12-21(20)22)25-15-7-14-24(16-17-25)18-19-8-2-1-3-9-19/h1-6,8-13H,7,14-18H2. The van der Waals surface area contributed by atoms with Gasteiger partial charge >= 0.3 is 0 Å². The quantitative estimate of drug-likeness (QED) is 0.711. The smallest absolute Gasteiger partial charge is 0.254 e. The van der Waals surface area contributed by atoms with Crippen LogP contribution in [0.2, 0.25) is 0 Å². The molecule has 0 N–H and O–H groups in total. The zero-order valence-electron chi connectivity index (χ0n) is 15.0. The van der Waals surface area contributed by atoms with Crippen LogP contribution >= 0.6 is 0 Å². The highest BCUT2D eigenvalue weighted by atomic mass is 16.2. The number of nitrogens with zero attached hydrogens (tertiary/aromatic N) is 2. The molecule has 0 atom stereocenters. The maximum Gasteiger partial charge on any atom is 0.254 e. The SMILES string of the molecule is O=C(c1cccc2ccccc12)N1CCCN(Cc2ccccc2)CC1. The minimum atomic E-state index is 0.156. The van der Waals surface area contributed by atoms with Crippen molar-refractivity contribution < 1.29 is 4.79 Å². The largest absolute Gasteiger partial charge is 0.337 e. The van der Waals surface area contributed by atoms with Gasteiger partial charge < -0.3 is 4.90 Å². The van der Waals surface area contributed by atoms with Gasteiger partial charge in [-0.25, -0.2) is 0 Å². The molecule has 1 aliphatic heterocycles. The third-order valence-electron chi connectivity index (χ3n) is 5.14. The number of carbonyl (C=O) groups is 1. The van der Waals surface area contributed by atoms with Gasteiger partial charge in [0.2, 0.25) is 0 Å². The maximum atomic E-state index is 13.1. The van der Waals surface area contributed by atoms with Gasteiger partial charge in [0.15, 0.2) is 0 Å². The van der Waals surface area contributed by atoms with E-state index < -0.39 is 0 Å². The average Bonchev–Trinajstić information content (AvgIpc) is 2.93. The first kappa shape index (κ1) is 16.8. The third-order valence-corrected chi connectivity index (χ3v) is 5.14. The summed E-state index contributed by atoms with van der Waals surface area (Å²) in [5.41, 5.74) is 2.15. The molecule has 26 heavy (non-hydrogen) atoms. The van der Waals surface area contributed by atoms with Crippen molar-refractivity contribution in [3.05, 3.63) is 83.9 Å². The van der Waals surface area contributed by atoms with E-state index in [1.165, 1.54) is 5.56 Å². The Morgan fingerprint density at radius 1 is 0.769 bits per heavy atom. The van der Waals surface area contributed by atoms with Gasteiger partial charge in [0.25, 0.3) is 5.91 Å². The summed E-state index contributed by atoms with van der Waals surface area (Å²) in [7, 11) is 0. The minimum absolute atomic E-state index is 0.156. The van der Waals surface area contributed by atoms with E-state index >= 15 is 0 Å². The molecule has 3 aromatic rings. The Bertz CT molecular complexity index is 886. The number of hydrogen-bond donors (Lipinski definition) is 0. The van der Waals surface area contributed by atoms with Gasteiger partial charge in [0.1, 0.15) is 0 Å². The molecule has 0 unspecified atom stereocenters. The summed E-state index contributed by atoms with van der Waals surface area (Å²) in [6.45, 7) is 4.53. The van der Waals surface area contributed by atoms with E-state index in [0.717, 1.165) is 55.5 Å². The normalized spacial score (nSPS) is 15.8. The van der Waals surface area contributed by atoms with Gasteiger partial charge in [-0.1, -0.05) is 66.7 Å². The molecule has 1 saturated heterocycles. The fourth-order valence-electron chi connectivity index (χ4n) is 3.76. The minimum Gasteiger partial charge on any atom is -0.337 e. The van der Waals surface area contributed by atoms with Crippen LogP contribution in [-0.2, 0) is 6.54 Å². The van der Waals surface area contributed by atoms with Crippen molar-refractivity contribution in [3.63, 3.8) is 0 Å². The summed E-state index contributed by atoms with van der Waals surface area (Å²) >= 11 is 0. The number of amides is 1. The second kappa shape index (κ2) is 7.71. The van der Waals surface area contributed by atoms with E-state index in [-0.39, 0.29) is 5.91 Å². The Morgan fingerprint density at radius 2 is 1.54 bits per heavy atom. The lowest BCUT2D eigenvalue weighted by Gasteiger charge is -2.22. The topological polar surface area (TPSA) is 23.6 Å². The Kier molecular flexibility index (Phi) is 4.98. The lowest BCUT2D eigenvalue weighted by atomic mass is 10.0. The van der Waals surface area contributed by atoms with Crippen LogP contribution in [0.1, 0.15) is 22.3 Å². The molecule has 0 radical (unpaired) electrons. The zero-order valence-corrected chi connectivity index (χ0v) is 15.0. The predicted molar refractivity (Wildman–Crippen MR) is 106 cm³/mol. The second-order valence-corrected chi connectivity index (χ2v) is 6.93. The summed E-state index contributed by atoms with van der Waals surface area (Å²) in [6, 6.07) is 24.7. The van der Waals surface area contributed by atoms with Gasteiger partial charge in [-0.15, -0.1) is 0 Å². The fourth-order valence-corrected chi connectivity index (χ4v) is 3.76. The molecule has 3 nitrogen and oxygen atoms in total. The number of rotatable bonds is 3. The molecule has 0 spiro atoms. The van der Waals surface area contributed by atoms with Gasteiger partial charge in [-0.2, -0.15) is 0 Å². The van der Waals surface area contributed by atoms with Crippen LogP contribution < -0.4 is 0 Å². The molecule has 1 heterocycles. The van der Waals surface area contributed by atoms with Crippen molar-refractivity contribution in [2.75, 3.05) is 26.2 Å². The highest BCUT2D eigenvalue weighted by Gasteiger charge is 2.21. The Morgan fingerprint density at radius 3 is 2.42 bits per heavy atom. The molecule has 1 fully saturated rings. The van der Waals surface area contributed by atoms with Gasteiger partial charge in [0, 0.05) is 38.3 Å². The summed E-state index contributed by atoms with van der Waals surface area (Å²) < 4.78 is 0. The van der Waals surface area contributed by atoms with Crippen LogP contribution in [0.5, 0.6) is 0 Å². The molecule has 4 rings (SSSR count). The third kappa shape index (κ3) is 3.63. The lowest BCUT2D eigenvalue weighted by molar-refractivity contribution is 0.0763. The molecular formula is C23H24N2O. The summed E-state index contributed by atoms with van der Waals surface area (Å²) in [5.74, 6) is 0.156. The molecule has 3 heteroatoms. The van der Waals surface area contributed by atoms with Crippen molar-refractivity contribution in [3.8, 4) is 0 Å². The van der Waals surface area contributed by atoms with Crippen molar-refractivity contribution >= 4 is 16.7 Å². The van der Waals surface area contributed by atoms with Crippen LogP contribution in [0.3, 0.4) is 0 Å². The number of fused-ring (bicyclic) bond motifs is 1. The first-order chi connectivity index (χ1) is 12.8. The van der Waals surface area contributed by atoms with Gasteiger partial charge in [0.05, 0.1) is 0 Å². The van der Waals surface area contributed by atoms with Crippen LogP contribution in [0, 0.1) is 0 Å². The number of carbonyl (C=O) groups excluding carboxylic acids is 1. The van der Waals surface area contributed by atoms with Gasteiger partial charge in [-0.05, 0) is 28.8 Å². The van der Waals surface area contributed by atoms with Crippen LogP contribution in [-0.4, -0.2) is 41.9 Å². The highest BCUT2D eigenvalue weighted by Crippen LogP contribution is 2.21. The van der Waals surface area contributed by atoms with Crippen molar-refractivity contribution in [1.29, 1.82) is 0 Å². The van der Waals surface area contributed by atoms with Crippen LogP contribution in [0.15, 0.2) is 72.8 Å². The van der Waals surface area contributed by atoms with Gasteiger partial charge in [-0.3, -0.25) is 9.69 Å². The van der Waals surface area contributed by atoms with E-state index in [1.54, 1.807) is 0 Å². The predicted octanol–water partition coefficient (Wildman–Crippen LogP) is 4.19. The zero-order chi connectivity index (χ0) is 17.8. The van der Waals surface area contributed by atoms with E-state index in [1.807, 2.05) is 35.2 Å². The second-order valence-electron chi connectivity index (χ2n) is 6.93. The molecule has 0 aromatic heterocycles. The molecular weight excluding hydrogens is 320 g/mol. The Balaban J connectivity index is 1.47. The highest BCUT2D eigenvalue weighted by molar-refractivity contribution is 6.07. The maximum absolute atomic E-state index is 13.1. The van der Waals surface area contributed by atoms with E-state index in [4.69, 9.17) is 0 Å². The van der Waals surface area contributed by atoms with E-state index in [2.05, 4.69) is 47.4 Å². The first-order valence-electron chi connectivity index (χ1n) is 9.34. The lowest BCUT2D eigenvalue weighted by Crippen LogP contribution is -2.35. The van der Waals surface area contributed by atoms with Crippen molar-refractivity contribution in [2.24, 2.45) is 0 Å². The fraction of sp³-hybridized carbons (Fsp3) is 0.261. The molecule has 3 aromatic carbocycles.